The molecule has 5 rings (SSSR count). The summed E-state index contributed by atoms with van der Waals surface area (Å²) in [4.78, 5) is 4.07. The molecule has 0 radical (unpaired) electrons. The Bertz CT molecular complexity index is 1400. The van der Waals surface area contributed by atoms with Crippen LogP contribution in [0.2, 0.25) is 5.02 Å². The topological polar surface area (TPSA) is 60.1 Å². The molecule has 3 heterocycles. The van der Waals surface area contributed by atoms with Crippen molar-refractivity contribution < 1.29 is 8.42 Å². The molecule has 2 aromatic heterocycles. The van der Waals surface area contributed by atoms with E-state index in [0.29, 0.717) is 19.0 Å². The monoisotopic (exact) mass is 482 g/mol. The van der Waals surface area contributed by atoms with Crippen LogP contribution in [0.4, 0.5) is 0 Å². The lowest BCUT2D eigenvalue weighted by Crippen LogP contribution is -2.38. The minimum atomic E-state index is -3.55. The van der Waals surface area contributed by atoms with Gasteiger partial charge in [0, 0.05) is 54.5 Å². The second kappa shape index (κ2) is 8.63. The number of aromatic nitrogens is 3. The summed E-state index contributed by atoms with van der Waals surface area (Å²) in [6.45, 7) is 3.96. The van der Waals surface area contributed by atoms with Crippen LogP contribution in [-0.4, -0.2) is 39.9 Å². The van der Waals surface area contributed by atoms with Crippen LogP contribution in [0.15, 0.2) is 66.1 Å². The van der Waals surface area contributed by atoms with Gasteiger partial charge in [0.25, 0.3) is 10.0 Å². The third-order valence-electron chi connectivity index (χ3n) is 6.68. The molecule has 2 aromatic carbocycles. The molecule has 0 spiro atoms. The maximum atomic E-state index is 13.0. The molecule has 0 bridgehead atoms. The number of sulfonamides is 1. The van der Waals surface area contributed by atoms with E-state index < -0.39 is 10.0 Å². The number of rotatable bonds is 5. The van der Waals surface area contributed by atoms with Crippen molar-refractivity contribution in [1.29, 1.82) is 0 Å². The van der Waals surface area contributed by atoms with Crippen LogP contribution in [0.25, 0.3) is 10.9 Å². The third kappa shape index (κ3) is 4.09. The van der Waals surface area contributed by atoms with Gasteiger partial charge < -0.3 is 9.13 Å². The van der Waals surface area contributed by atoms with Gasteiger partial charge in [-0.05, 0) is 55.0 Å². The zero-order chi connectivity index (χ0) is 23.2. The summed E-state index contributed by atoms with van der Waals surface area (Å²) in [5, 5.41) is 2.12. The van der Waals surface area contributed by atoms with Crippen molar-refractivity contribution in [3.63, 3.8) is 0 Å². The van der Waals surface area contributed by atoms with E-state index in [9.17, 15) is 8.42 Å². The van der Waals surface area contributed by atoms with Crippen molar-refractivity contribution in [2.45, 2.75) is 37.3 Å². The van der Waals surface area contributed by atoms with Crippen LogP contribution < -0.4 is 0 Å². The van der Waals surface area contributed by atoms with Crippen molar-refractivity contribution in [3.8, 4) is 0 Å². The number of nitrogens with zero attached hydrogens (tertiary/aromatic N) is 4. The summed E-state index contributed by atoms with van der Waals surface area (Å²) in [6.07, 6.45) is 4.68. The summed E-state index contributed by atoms with van der Waals surface area (Å²) in [7, 11) is -1.77. The number of hydrogen-bond acceptors (Lipinski definition) is 3. The fourth-order valence-corrected chi connectivity index (χ4v) is 6.55. The van der Waals surface area contributed by atoms with Crippen LogP contribution in [0.3, 0.4) is 0 Å². The molecular weight excluding hydrogens is 456 g/mol. The highest BCUT2D eigenvalue weighted by atomic mass is 35.5. The Morgan fingerprint density at radius 3 is 2.42 bits per heavy atom. The van der Waals surface area contributed by atoms with E-state index in [-0.39, 0.29) is 5.03 Å². The van der Waals surface area contributed by atoms with Gasteiger partial charge in [0.2, 0.25) is 0 Å². The molecule has 8 heteroatoms. The van der Waals surface area contributed by atoms with Crippen molar-refractivity contribution in [3.05, 3.63) is 82.9 Å². The van der Waals surface area contributed by atoms with E-state index in [1.807, 2.05) is 12.1 Å². The third-order valence-corrected chi connectivity index (χ3v) is 8.72. The fraction of sp³-hybridized carbons (Fsp3) is 0.320. The molecule has 6 nitrogen and oxygen atoms in total. The first kappa shape index (κ1) is 22.2. The number of halogens is 1. The summed E-state index contributed by atoms with van der Waals surface area (Å²) >= 11 is 6.07. The number of aryl methyl sites for hydroxylation is 1. The summed E-state index contributed by atoms with van der Waals surface area (Å²) < 4.78 is 31.6. The molecule has 0 amide bonds. The standard InChI is InChI=1S/C25H27ClN4O2S/c1-18-25(20-11-13-29(14-12-20)33(31,32)24-16-28(2)17-27-24)22-5-3-4-6-23(22)30(18)15-19-7-9-21(26)10-8-19/h3-10,16-17,20H,11-15H2,1-2H3. The Balaban J connectivity index is 1.43. The largest absolute Gasteiger partial charge is 0.340 e. The zero-order valence-electron chi connectivity index (χ0n) is 18.8. The lowest BCUT2D eigenvalue weighted by Gasteiger charge is -2.31. The van der Waals surface area contributed by atoms with E-state index in [1.54, 1.807) is 22.1 Å². The van der Waals surface area contributed by atoms with Gasteiger partial charge in [-0.15, -0.1) is 0 Å². The predicted octanol–water partition coefficient (Wildman–Crippen LogP) is 4.95. The molecule has 0 N–H and O–H groups in total. The second-order valence-electron chi connectivity index (χ2n) is 8.78. The summed E-state index contributed by atoms with van der Waals surface area (Å²) in [6, 6.07) is 16.5. The zero-order valence-corrected chi connectivity index (χ0v) is 20.4. The maximum Gasteiger partial charge on any atom is 0.262 e. The summed E-state index contributed by atoms with van der Waals surface area (Å²) in [5.41, 5.74) is 5.00. The van der Waals surface area contributed by atoms with E-state index in [2.05, 4.69) is 52.9 Å². The molecule has 0 unspecified atom stereocenters. The molecule has 4 aromatic rings. The number of piperidine rings is 1. The number of fused-ring (bicyclic) bond motifs is 1. The minimum Gasteiger partial charge on any atom is -0.340 e. The van der Waals surface area contributed by atoms with Crippen molar-refractivity contribution in [2.24, 2.45) is 7.05 Å². The molecule has 1 saturated heterocycles. The van der Waals surface area contributed by atoms with E-state index in [1.165, 1.54) is 34.1 Å². The van der Waals surface area contributed by atoms with Crippen molar-refractivity contribution >= 4 is 32.5 Å². The normalized spacial score (nSPS) is 16.0. The Labute approximate surface area is 199 Å². The van der Waals surface area contributed by atoms with Crippen LogP contribution >= 0.6 is 11.6 Å². The smallest absolute Gasteiger partial charge is 0.262 e. The SMILES string of the molecule is Cc1c(C2CCN(S(=O)(=O)c3cn(C)cn3)CC2)c2ccccc2n1Cc1ccc(Cl)cc1. The highest BCUT2D eigenvalue weighted by Crippen LogP contribution is 2.38. The first-order valence-corrected chi connectivity index (χ1v) is 13.0. The Morgan fingerprint density at radius 2 is 1.76 bits per heavy atom. The molecule has 0 atom stereocenters. The van der Waals surface area contributed by atoms with Gasteiger partial charge in [0.15, 0.2) is 5.03 Å². The maximum absolute atomic E-state index is 13.0. The molecule has 0 saturated carbocycles. The number of hydrogen-bond donors (Lipinski definition) is 0. The van der Waals surface area contributed by atoms with Gasteiger partial charge in [-0.1, -0.05) is 41.9 Å². The molecule has 33 heavy (non-hydrogen) atoms. The molecule has 1 aliphatic heterocycles. The van der Waals surface area contributed by atoms with Gasteiger partial charge in [0.1, 0.15) is 0 Å². The first-order valence-electron chi connectivity index (χ1n) is 11.1. The van der Waals surface area contributed by atoms with Crippen LogP contribution in [-0.2, 0) is 23.6 Å². The highest BCUT2D eigenvalue weighted by molar-refractivity contribution is 7.89. The molecule has 1 aliphatic rings. The van der Waals surface area contributed by atoms with E-state index in [4.69, 9.17) is 11.6 Å². The van der Waals surface area contributed by atoms with Gasteiger partial charge >= 0.3 is 0 Å². The molecule has 172 valence electrons. The van der Waals surface area contributed by atoms with Crippen molar-refractivity contribution in [2.75, 3.05) is 13.1 Å². The van der Waals surface area contributed by atoms with Crippen molar-refractivity contribution in [1.82, 2.24) is 18.4 Å². The Morgan fingerprint density at radius 1 is 1.06 bits per heavy atom. The lowest BCUT2D eigenvalue weighted by molar-refractivity contribution is 0.319. The average molecular weight is 483 g/mol. The number of imidazole rings is 1. The average Bonchev–Trinajstić information content (AvgIpc) is 3.37. The van der Waals surface area contributed by atoms with Gasteiger partial charge in [-0.2, -0.15) is 4.31 Å². The number of para-hydroxylation sites is 1. The molecule has 0 aliphatic carbocycles. The summed E-state index contributed by atoms with van der Waals surface area (Å²) in [5.74, 6) is 0.316. The second-order valence-corrected chi connectivity index (χ2v) is 11.1. The Kier molecular flexibility index (Phi) is 5.80. The number of benzene rings is 2. The van der Waals surface area contributed by atoms with Crippen LogP contribution in [0, 0.1) is 6.92 Å². The minimum absolute atomic E-state index is 0.124. The highest BCUT2D eigenvalue weighted by Gasteiger charge is 2.33. The Hall–Kier alpha value is -2.61. The molecular formula is C25H27ClN4O2S. The molecule has 1 fully saturated rings. The van der Waals surface area contributed by atoms with Crippen LogP contribution in [0.5, 0.6) is 0 Å². The van der Waals surface area contributed by atoms with Crippen LogP contribution in [0.1, 0.15) is 35.6 Å². The van der Waals surface area contributed by atoms with E-state index in [0.717, 1.165) is 24.4 Å². The van der Waals surface area contributed by atoms with E-state index >= 15 is 0 Å². The lowest BCUT2D eigenvalue weighted by atomic mass is 9.88. The van der Waals surface area contributed by atoms with Gasteiger partial charge in [-0.3, -0.25) is 0 Å². The first-order chi connectivity index (χ1) is 15.8. The predicted molar refractivity (Wildman–Crippen MR) is 131 cm³/mol. The quantitative estimate of drug-likeness (QED) is 0.404. The fourth-order valence-electron chi connectivity index (χ4n) is 4.99. The van der Waals surface area contributed by atoms with Gasteiger partial charge in [0.05, 0.1) is 6.33 Å². The van der Waals surface area contributed by atoms with Gasteiger partial charge in [-0.25, -0.2) is 13.4 Å².